The SMILES string of the molecule is Cc1ccc(C(=O)[C@H](C)Sc2nc3ccccc3c(=O)n2C)cc1. The molecule has 0 N–H and O–H groups in total. The van der Waals surface area contributed by atoms with E-state index in [1.54, 1.807) is 13.1 Å². The average Bonchev–Trinajstić information content (AvgIpc) is 2.59. The van der Waals surface area contributed by atoms with Crippen molar-refractivity contribution >= 4 is 28.4 Å². The molecule has 4 nitrogen and oxygen atoms in total. The van der Waals surface area contributed by atoms with E-state index in [0.717, 1.165) is 5.56 Å². The number of aryl methyl sites for hydroxylation is 1. The Hall–Kier alpha value is -2.40. The van der Waals surface area contributed by atoms with Crippen molar-refractivity contribution in [3.63, 3.8) is 0 Å². The first kappa shape index (κ1) is 16.5. The molecule has 0 aliphatic heterocycles. The molecule has 0 radical (unpaired) electrons. The Labute approximate surface area is 144 Å². The zero-order valence-electron chi connectivity index (χ0n) is 13.8. The van der Waals surface area contributed by atoms with Crippen molar-refractivity contribution in [3.05, 3.63) is 70.0 Å². The molecule has 24 heavy (non-hydrogen) atoms. The number of benzene rings is 2. The van der Waals surface area contributed by atoms with Crippen molar-refractivity contribution in [2.75, 3.05) is 0 Å². The van der Waals surface area contributed by atoms with E-state index in [9.17, 15) is 9.59 Å². The first-order valence-corrected chi connectivity index (χ1v) is 8.58. The summed E-state index contributed by atoms with van der Waals surface area (Å²) < 4.78 is 1.51. The Morgan fingerprint density at radius 1 is 1.12 bits per heavy atom. The van der Waals surface area contributed by atoms with Gasteiger partial charge in [0.25, 0.3) is 5.56 Å². The molecule has 3 rings (SSSR count). The Bertz CT molecular complexity index is 961. The normalized spacial score (nSPS) is 12.3. The summed E-state index contributed by atoms with van der Waals surface area (Å²) in [6, 6.07) is 14.8. The summed E-state index contributed by atoms with van der Waals surface area (Å²) in [5, 5.41) is 0.806. The molecule has 0 saturated heterocycles. The van der Waals surface area contributed by atoms with Crippen LogP contribution in [0.2, 0.25) is 0 Å². The minimum atomic E-state index is -0.327. The third-order valence-corrected chi connectivity index (χ3v) is 5.07. The van der Waals surface area contributed by atoms with Crippen molar-refractivity contribution in [2.45, 2.75) is 24.3 Å². The minimum absolute atomic E-state index is 0.0300. The molecule has 5 heteroatoms. The predicted molar refractivity (Wildman–Crippen MR) is 97.8 cm³/mol. The van der Waals surface area contributed by atoms with E-state index in [4.69, 9.17) is 0 Å². The Balaban J connectivity index is 1.91. The summed E-state index contributed by atoms with van der Waals surface area (Å²) in [6.45, 7) is 3.83. The van der Waals surface area contributed by atoms with Crippen LogP contribution in [0.4, 0.5) is 0 Å². The average molecular weight is 338 g/mol. The first-order chi connectivity index (χ1) is 11.5. The van der Waals surface area contributed by atoms with Crippen LogP contribution in [0, 0.1) is 6.92 Å². The van der Waals surface area contributed by atoms with Crippen molar-refractivity contribution in [1.29, 1.82) is 0 Å². The Morgan fingerprint density at radius 3 is 2.50 bits per heavy atom. The van der Waals surface area contributed by atoms with Crippen molar-refractivity contribution in [1.82, 2.24) is 9.55 Å². The number of carbonyl (C=O) groups excluding carboxylic acids is 1. The lowest BCUT2D eigenvalue weighted by molar-refractivity contribution is 0.0994. The second kappa shape index (κ2) is 6.61. The lowest BCUT2D eigenvalue weighted by Crippen LogP contribution is -2.22. The van der Waals surface area contributed by atoms with Crippen molar-refractivity contribution in [3.8, 4) is 0 Å². The topological polar surface area (TPSA) is 52.0 Å². The number of nitrogens with zero attached hydrogens (tertiary/aromatic N) is 2. The van der Waals surface area contributed by atoms with Crippen molar-refractivity contribution < 1.29 is 4.79 Å². The summed E-state index contributed by atoms with van der Waals surface area (Å²) in [5.74, 6) is 0.0300. The van der Waals surface area contributed by atoms with Crippen LogP contribution in [0.25, 0.3) is 10.9 Å². The highest BCUT2D eigenvalue weighted by Crippen LogP contribution is 2.24. The van der Waals surface area contributed by atoms with E-state index in [2.05, 4.69) is 4.98 Å². The zero-order chi connectivity index (χ0) is 17.3. The molecule has 0 spiro atoms. The van der Waals surface area contributed by atoms with Crippen LogP contribution in [0.1, 0.15) is 22.8 Å². The number of thioether (sulfide) groups is 1. The summed E-state index contributed by atoms with van der Waals surface area (Å²) in [5.41, 5.74) is 2.34. The maximum atomic E-state index is 12.6. The number of ketones is 1. The monoisotopic (exact) mass is 338 g/mol. The minimum Gasteiger partial charge on any atom is -0.293 e. The fourth-order valence-corrected chi connectivity index (χ4v) is 3.42. The van der Waals surface area contributed by atoms with E-state index < -0.39 is 0 Å². The van der Waals surface area contributed by atoms with Gasteiger partial charge < -0.3 is 0 Å². The summed E-state index contributed by atoms with van der Waals surface area (Å²) in [6.07, 6.45) is 0. The number of fused-ring (bicyclic) bond motifs is 1. The molecular formula is C19H18N2O2S. The third kappa shape index (κ3) is 3.12. The van der Waals surface area contributed by atoms with E-state index in [0.29, 0.717) is 21.6 Å². The van der Waals surface area contributed by atoms with Gasteiger partial charge in [-0.2, -0.15) is 0 Å². The lowest BCUT2D eigenvalue weighted by atomic mass is 10.1. The van der Waals surface area contributed by atoms with E-state index in [1.165, 1.54) is 16.3 Å². The number of hydrogen-bond acceptors (Lipinski definition) is 4. The molecule has 3 aromatic rings. The van der Waals surface area contributed by atoms with E-state index in [1.807, 2.05) is 56.3 Å². The van der Waals surface area contributed by atoms with Gasteiger partial charge in [-0.05, 0) is 26.0 Å². The number of rotatable bonds is 4. The van der Waals surface area contributed by atoms with Crippen LogP contribution in [-0.4, -0.2) is 20.6 Å². The molecule has 1 atom stereocenters. The molecule has 0 unspecified atom stereocenters. The fraction of sp³-hybridized carbons (Fsp3) is 0.211. The number of carbonyl (C=O) groups is 1. The van der Waals surface area contributed by atoms with Gasteiger partial charge in [0.2, 0.25) is 0 Å². The molecule has 0 amide bonds. The van der Waals surface area contributed by atoms with Crippen LogP contribution in [0.5, 0.6) is 0 Å². The van der Waals surface area contributed by atoms with Gasteiger partial charge in [-0.15, -0.1) is 0 Å². The second-order valence-corrected chi connectivity index (χ2v) is 7.07. The Kier molecular flexibility index (Phi) is 4.53. The molecule has 1 heterocycles. The molecule has 0 aliphatic rings. The fourth-order valence-electron chi connectivity index (χ4n) is 2.47. The van der Waals surface area contributed by atoms with Gasteiger partial charge in [-0.25, -0.2) is 4.98 Å². The van der Waals surface area contributed by atoms with Gasteiger partial charge in [0.1, 0.15) is 0 Å². The predicted octanol–water partition coefficient (Wildman–Crippen LogP) is 3.61. The number of aromatic nitrogens is 2. The highest BCUT2D eigenvalue weighted by atomic mass is 32.2. The van der Waals surface area contributed by atoms with Crippen LogP contribution in [0.3, 0.4) is 0 Å². The smallest absolute Gasteiger partial charge is 0.261 e. The quantitative estimate of drug-likeness (QED) is 0.414. The van der Waals surface area contributed by atoms with Gasteiger partial charge in [0.15, 0.2) is 10.9 Å². The van der Waals surface area contributed by atoms with Crippen LogP contribution < -0.4 is 5.56 Å². The molecule has 0 aliphatic carbocycles. The third-order valence-electron chi connectivity index (χ3n) is 3.93. The number of Topliss-reactive ketones (excluding diaryl/α,β-unsaturated/α-hetero) is 1. The van der Waals surface area contributed by atoms with Crippen LogP contribution in [-0.2, 0) is 7.05 Å². The van der Waals surface area contributed by atoms with Gasteiger partial charge in [0, 0.05) is 12.6 Å². The standard InChI is InChI=1S/C19H18N2O2S/c1-12-8-10-14(11-9-12)17(22)13(2)24-19-20-16-7-5-4-6-15(16)18(23)21(19)3/h4-11,13H,1-3H3/t13-/m0/s1. The molecule has 0 saturated carbocycles. The second-order valence-electron chi connectivity index (χ2n) is 5.77. The highest BCUT2D eigenvalue weighted by Gasteiger charge is 2.19. The summed E-state index contributed by atoms with van der Waals surface area (Å²) >= 11 is 1.31. The maximum absolute atomic E-state index is 12.6. The molecular weight excluding hydrogens is 320 g/mol. The molecule has 0 fully saturated rings. The van der Waals surface area contributed by atoms with Gasteiger partial charge in [-0.1, -0.05) is 53.7 Å². The molecule has 1 aromatic heterocycles. The highest BCUT2D eigenvalue weighted by molar-refractivity contribution is 8.00. The van der Waals surface area contributed by atoms with E-state index >= 15 is 0 Å². The molecule has 0 bridgehead atoms. The van der Waals surface area contributed by atoms with Gasteiger partial charge in [-0.3, -0.25) is 14.2 Å². The zero-order valence-corrected chi connectivity index (χ0v) is 14.6. The lowest BCUT2D eigenvalue weighted by Gasteiger charge is -2.13. The van der Waals surface area contributed by atoms with E-state index in [-0.39, 0.29) is 16.6 Å². The van der Waals surface area contributed by atoms with Crippen LogP contribution >= 0.6 is 11.8 Å². The first-order valence-electron chi connectivity index (χ1n) is 7.70. The maximum Gasteiger partial charge on any atom is 0.261 e. The molecule has 2 aromatic carbocycles. The largest absolute Gasteiger partial charge is 0.293 e. The number of hydrogen-bond donors (Lipinski definition) is 0. The van der Waals surface area contributed by atoms with Gasteiger partial charge >= 0.3 is 0 Å². The van der Waals surface area contributed by atoms with Crippen molar-refractivity contribution in [2.24, 2.45) is 7.05 Å². The van der Waals surface area contributed by atoms with Crippen LogP contribution in [0.15, 0.2) is 58.5 Å². The summed E-state index contributed by atoms with van der Waals surface area (Å²) in [4.78, 5) is 29.6. The molecule has 122 valence electrons. The van der Waals surface area contributed by atoms with Gasteiger partial charge in [0.05, 0.1) is 16.2 Å². The summed E-state index contributed by atoms with van der Waals surface area (Å²) in [7, 11) is 1.69. The number of para-hydroxylation sites is 1. The Morgan fingerprint density at radius 2 is 1.79 bits per heavy atom.